The van der Waals surface area contributed by atoms with Crippen LogP contribution in [-0.4, -0.2) is 29.1 Å². The van der Waals surface area contributed by atoms with Crippen molar-refractivity contribution < 1.29 is 9.90 Å². The second-order valence-corrected chi connectivity index (χ2v) is 4.28. The van der Waals surface area contributed by atoms with Crippen LogP contribution in [0.3, 0.4) is 0 Å². The first-order chi connectivity index (χ1) is 7.58. The van der Waals surface area contributed by atoms with Crippen molar-refractivity contribution >= 4 is 17.5 Å². The van der Waals surface area contributed by atoms with Gasteiger partial charge in [-0.3, -0.25) is 0 Å². The van der Waals surface area contributed by atoms with Gasteiger partial charge in [0.05, 0.1) is 11.3 Å². The maximum Gasteiger partial charge on any atom is 0.337 e. The number of aromatic nitrogens is 1. The average Bonchev–Trinajstić information content (AvgIpc) is 2.64. The molecule has 2 rings (SSSR count). The number of nitrogens with zero attached hydrogens (tertiary/aromatic N) is 2. The Morgan fingerprint density at radius 1 is 1.69 bits per heavy atom. The average molecular weight is 221 g/mol. The van der Waals surface area contributed by atoms with E-state index in [1.807, 2.05) is 0 Å². The van der Waals surface area contributed by atoms with Gasteiger partial charge in [-0.1, -0.05) is 6.92 Å². The Kier molecular flexibility index (Phi) is 2.68. The minimum absolute atomic E-state index is 0.133. The number of hydrogen-bond donors (Lipinski definition) is 2. The van der Waals surface area contributed by atoms with E-state index in [-0.39, 0.29) is 5.56 Å². The van der Waals surface area contributed by atoms with Crippen molar-refractivity contribution in [1.82, 2.24) is 4.98 Å². The predicted octanol–water partition coefficient (Wildman–Crippen LogP) is 1.21. The van der Waals surface area contributed by atoms with Crippen molar-refractivity contribution in [1.29, 1.82) is 0 Å². The summed E-state index contributed by atoms with van der Waals surface area (Å²) in [6.07, 6.45) is 2.48. The Morgan fingerprint density at radius 3 is 2.94 bits per heavy atom. The maximum absolute atomic E-state index is 10.7. The zero-order valence-corrected chi connectivity index (χ0v) is 9.18. The van der Waals surface area contributed by atoms with Gasteiger partial charge in [-0.2, -0.15) is 0 Å². The van der Waals surface area contributed by atoms with E-state index in [0.29, 0.717) is 17.4 Å². The molecule has 16 heavy (non-hydrogen) atoms. The minimum Gasteiger partial charge on any atom is -0.478 e. The highest BCUT2D eigenvalue weighted by molar-refractivity contribution is 5.89. The molecule has 1 aliphatic heterocycles. The number of carboxylic acids is 1. The van der Waals surface area contributed by atoms with Crippen LogP contribution in [0.15, 0.2) is 12.3 Å². The summed E-state index contributed by atoms with van der Waals surface area (Å²) >= 11 is 0. The lowest BCUT2D eigenvalue weighted by molar-refractivity contribution is 0.0696. The summed E-state index contributed by atoms with van der Waals surface area (Å²) < 4.78 is 0. The molecule has 0 amide bonds. The minimum atomic E-state index is -1.000. The summed E-state index contributed by atoms with van der Waals surface area (Å²) in [6.45, 7) is 4.05. The molecule has 0 bridgehead atoms. The van der Waals surface area contributed by atoms with Crippen molar-refractivity contribution in [3.8, 4) is 0 Å². The zero-order chi connectivity index (χ0) is 11.7. The fourth-order valence-corrected chi connectivity index (χ4v) is 1.98. The molecule has 1 atom stereocenters. The summed E-state index contributed by atoms with van der Waals surface area (Å²) in [7, 11) is 0. The van der Waals surface area contributed by atoms with Gasteiger partial charge in [-0.15, -0.1) is 0 Å². The predicted molar refractivity (Wildman–Crippen MR) is 61.6 cm³/mol. The highest BCUT2D eigenvalue weighted by Crippen LogP contribution is 2.26. The van der Waals surface area contributed by atoms with Crippen LogP contribution in [0.1, 0.15) is 23.7 Å². The van der Waals surface area contributed by atoms with E-state index in [4.69, 9.17) is 10.8 Å². The SMILES string of the molecule is CC1CCN(c2ncc(C(=O)O)cc2N)C1. The molecule has 1 aliphatic rings. The molecule has 86 valence electrons. The molecule has 1 aromatic heterocycles. The van der Waals surface area contributed by atoms with Crippen LogP contribution in [-0.2, 0) is 0 Å². The molecule has 0 aliphatic carbocycles. The normalized spacial score (nSPS) is 20.1. The Morgan fingerprint density at radius 2 is 2.44 bits per heavy atom. The number of nitrogen functional groups attached to an aromatic ring is 1. The lowest BCUT2D eigenvalue weighted by Crippen LogP contribution is -2.22. The quantitative estimate of drug-likeness (QED) is 0.784. The highest BCUT2D eigenvalue weighted by atomic mass is 16.4. The summed E-state index contributed by atoms with van der Waals surface area (Å²) in [5.41, 5.74) is 6.39. The molecule has 1 saturated heterocycles. The first kappa shape index (κ1) is 10.7. The van der Waals surface area contributed by atoms with Crippen LogP contribution in [0.2, 0.25) is 0 Å². The molecule has 0 radical (unpaired) electrons. The van der Waals surface area contributed by atoms with Gasteiger partial charge < -0.3 is 15.7 Å². The van der Waals surface area contributed by atoms with Gasteiger partial charge in [0.25, 0.3) is 0 Å². The van der Waals surface area contributed by atoms with Crippen LogP contribution >= 0.6 is 0 Å². The molecule has 0 aromatic carbocycles. The van der Waals surface area contributed by atoms with Gasteiger partial charge in [0, 0.05) is 19.3 Å². The van der Waals surface area contributed by atoms with Gasteiger partial charge in [0.2, 0.25) is 0 Å². The van der Waals surface area contributed by atoms with Crippen LogP contribution in [0.5, 0.6) is 0 Å². The largest absolute Gasteiger partial charge is 0.478 e. The number of hydrogen-bond acceptors (Lipinski definition) is 4. The first-order valence-electron chi connectivity index (χ1n) is 5.31. The molecule has 0 saturated carbocycles. The molecule has 1 aromatic rings. The van der Waals surface area contributed by atoms with Crippen molar-refractivity contribution in [2.24, 2.45) is 5.92 Å². The third-order valence-corrected chi connectivity index (χ3v) is 2.87. The molecule has 0 spiro atoms. The third-order valence-electron chi connectivity index (χ3n) is 2.87. The molecular formula is C11H15N3O2. The topological polar surface area (TPSA) is 79.5 Å². The highest BCUT2D eigenvalue weighted by Gasteiger charge is 2.22. The number of carboxylic acid groups (broad SMARTS) is 1. The van der Waals surface area contributed by atoms with E-state index in [1.165, 1.54) is 12.3 Å². The first-order valence-corrected chi connectivity index (χ1v) is 5.31. The van der Waals surface area contributed by atoms with E-state index < -0.39 is 5.97 Å². The van der Waals surface area contributed by atoms with Crippen LogP contribution in [0.4, 0.5) is 11.5 Å². The molecule has 1 unspecified atom stereocenters. The van der Waals surface area contributed by atoms with Gasteiger partial charge in [-0.05, 0) is 18.4 Å². The number of pyridine rings is 1. The van der Waals surface area contributed by atoms with Gasteiger partial charge >= 0.3 is 5.97 Å². The molecular weight excluding hydrogens is 206 g/mol. The molecule has 5 heteroatoms. The number of carbonyl (C=O) groups is 1. The number of anilines is 2. The van der Waals surface area contributed by atoms with Crippen LogP contribution < -0.4 is 10.6 Å². The van der Waals surface area contributed by atoms with Crippen molar-refractivity contribution in [2.45, 2.75) is 13.3 Å². The summed E-state index contributed by atoms with van der Waals surface area (Å²) in [6, 6.07) is 1.47. The van der Waals surface area contributed by atoms with E-state index >= 15 is 0 Å². The fraction of sp³-hybridized carbons (Fsp3) is 0.455. The molecule has 5 nitrogen and oxygen atoms in total. The molecule has 2 heterocycles. The Bertz CT molecular complexity index is 420. The van der Waals surface area contributed by atoms with E-state index in [0.717, 1.165) is 19.5 Å². The van der Waals surface area contributed by atoms with Crippen molar-refractivity contribution in [3.05, 3.63) is 17.8 Å². The second-order valence-electron chi connectivity index (χ2n) is 4.28. The second kappa shape index (κ2) is 4.00. The number of aromatic carboxylic acids is 1. The number of rotatable bonds is 2. The summed E-state index contributed by atoms with van der Waals surface area (Å²) in [4.78, 5) is 17.0. The van der Waals surface area contributed by atoms with Crippen LogP contribution in [0, 0.1) is 5.92 Å². The standard InChI is InChI=1S/C11H15N3O2/c1-7-2-3-14(6-7)10-9(12)4-8(5-13-10)11(15)16/h4-5,7H,2-3,6,12H2,1H3,(H,15,16). The Hall–Kier alpha value is -1.78. The number of nitrogens with two attached hydrogens (primary N) is 1. The monoisotopic (exact) mass is 221 g/mol. The lowest BCUT2D eigenvalue weighted by Gasteiger charge is -2.18. The summed E-state index contributed by atoms with van der Waals surface area (Å²) in [5.74, 6) is 0.343. The van der Waals surface area contributed by atoms with E-state index in [9.17, 15) is 4.79 Å². The lowest BCUT2D eigenvalue weighted by atomic mass is 10.2. The van der Waals surface area contributed by atoms with Gasteiger partial charge in [-0.25, -0.2) is 9.78 Å². The maximum atomic E-state index is 10.7. The van der Waals surface area contributed by atoms with E-state index in [1.54, 1.807) is 0 Å². The Labute approximate surface area is 93.9 Å². The molecule has 1 fully saturated rings. The fourth-order valence-electron chi connectivity index (χ4n) is 1.98. The Balaban J connectivity index is 2.26. The smallest absolute Gasteiger partial charge is 0.337 e. The van der Waals surface area contributed by atoms with Crippen LogP contribution in [0.25, 0.3) is 0 Å². The van der Waals surface area contributed by atoms with Crippen molar-refractivity contribution in [2.75, 3.05) is 23.7 Å². The zero-order valence-electron chi connectivity index (χ0n) is 9.18. The summed E-state index contributed by atoms with van der Waals surface area (Å²) in [5, 5.41) is 8.80. The third kappa shape index (κ3) is 1.93. The van der Waals surface area contributed by atoms with Crippen molar-refractivity contribution in [3.63, 3.8) is 0 Å². The van der Waals surface area contributed by atoms with Gasteiger partial charge in [0.1, 0.15) is 0 Å². The molecule has 3 N–H and O–H groups in total. The van der Waals surface area contributed by atoms with Gasteiger partial charge in [0.15, 0.2) is 5.82 Å². The van der Waals surface area contributed by atoms with E-state index in [2.05, 4.69) is 16.8 Å².